The van der Waals surface area contributed by atoms with Crippen LogP contribution in [0.1, 0.15) is 18.1 Å². The first-order chi connectivity index (χ1) is 7.71. The van der Waals surface area contributed by atoms with Crippen molar-refractivity contribution in [3.63, 3.8) is 0 Å². The van der Waals surface area contributed by atoms with Crippen LogP contribution in [0.15, 0.2) is 24.3 Å². The Kier molecular flexibility index (Phi) is 4.99. The molecule has 0 bridgehead atoms. The van der Waals surface area contributed by atoms with Crippen LogP contribution in [0.25, 0.3) is 0 Å². The average molecular weight is 221 g/mol. The molecule has 88 valence electrons. The summed E-state index contributed by atoms with van der Waals surface area (Å²) >= 11 is 0. The second-order valence-corrected chi connectivity index (χ2v) is 3.83. The molecule has 1 atom stereocenters. The van der Waals surface area contributed by atoms with Crippen molar-refractivity contribution in [2.75, 3.05) is 13.7 Å². The Bertz CT molecular complexity index is 332. The highest BCUT2D eigenvalue weighted by Crippen LogP contribution is 2.11. The monoisotopic (exact) mass is 221 g/mol. The molecule has 0 aliphatic rings. The lowest BCUT2D eigenvalue weighted by atomic mass is 9.98. The van der Waals surface area contributed by atoms with E-state index in [1.165, 1.54) is 12.7 Å². The summed E-state index contributed by atoms with van der Waals surface area (Å²) in [6, 6.07) is 8.26. The molecule has 0 aliphatic heterocycles. The van der Waals surface area contributed by atoms with E-state index in [1.54, 1.807) is 0 Å². The van der Waals surface area contributed by atoms with Gasteiger partial charge in [-0.15, -0.1) is 0 Å². The molecule has 0 fully saturated rings. The highest BCUT2D eigenvalue weighted by molar-refractivity contribution is 5.72. The first kappa shape index (κ1) is 12.7. The zero-order valence-electron chi connectivity index (χ0n) is 9.90. The smallest absolute Gasteiger partial charge is 0.310 e. The molecule has 1 rings (SSSR count). The summed E-state index contributed by atoms with van der Waals surface area (Å²) < 4.78 is 4.70. The minimum atomic E-state index is -0.238. The van der Waals surface area contributed by atoms with Gasteiger partial charge in [-0.2, -0.15) is 0 Å². The van der Waals surface area contributed by atoms with Gasteiger partial charge in [-0.25, -0.2) is 0 Å². The molecule has 0 aliphatic carbocycles. The summed E-state index contributed by atoms with van der Waals surface area (Å²) in [6.45, 7) is 2.44. The molecule has 0 radical (unpaired) electrons. The second kappa shape index (κ2) is 6.28. The van der Waals surface area contributed by atoms with Crippen LogP contribution in [-0.2, 0) is 22.4 Å². The fourth-order valence-electron chi connectivity index (χ4n) is 1.63. The number of methoxy groups -OCH3 is 1. The molecule has 0 heterocycles. The average Bonchev–Trinajstić information content (AvgIpc) is 2.35. The van der Waals surface area contributed by atoms with Crippen molar-refractivity contribution >= 4 is 5.97 Å². The second-order valence-electron chi connectivity index (χ2n) is 3.83. The van der Waals surface area contributed by atoms with Crippen LogP contribution < -0.4 is 5.73 Å². The Morgan fingerprint density at radius 2 is 1.88 bits per heavy atom. The minimum Gasteiger partial charge on any atom is -0.469 e. The van der Waals surface area contributed by atoms with Crippen molar-refractivity contribution in [3.05, 3.63) is 35.4 Å². The number of carbonyl (C=O) groups is 1. The summed E-state index contributed by atoms with van der Waals surface area (Å²) in [5, 5.41) is 0. The van der Waals surface area contributed by atoms with E-state index < -0.39 is 0 Å². The van der Waals surface area contributed by atoms with Gasteiger partial charge >= 0.3 is 5.97 Å². The first-order valence-electron chi connectivity index (χ1n) is 5.57. The summed E-state index contributed by atoms with van der Waals surface area (Å²) in [5.74, 6) is -0.473. The summed E-state index contributed by atoms with van der Waals surface area (Å²) in [4.78, 5) is 11.4. The van der Waals surface area contributed by atoms with Gasteiger partial charge in [0, 0.05) is 6.54 Å². The predicted molar refractivity (Wildman–Crippen MR) is 64.1 cm³/mol. The van der Waals surface area contributed by atoms with E-state index in [1.807, 2.05) is 12.1 Å². The van der Waals surface area contributed by atoms with Gasteiger partial charge in [0.15, 0.2) is 0 Å². The standard InChI is InChI=1S/C13H19NO2/c1-3-10-4-6-11(7-5-10)8-12(9-14)13(15)16-2/h4-7,12H,3,8-9,14H2,1-2H3. The van der Waals surface area contributed by atoms with Crippen molar-refractivity contribution in [2.45, 2.75) is 19.8 Å². The largest absolute Gasteiger partial charge is 0.469 e. The zero-order valence-corrected chi connectivity index (χ0v) is 9.90. The third kappa shape index (κ3) is 3.35. The lowest BCUT2D eigenvalue weighted by Gasteiger charge is -2.12. The topological polar surface area (TPSA) is 52.3 Å². The normalized spacial score (nSPS) is 12.2. The van der Waals surface area contributed by atoms with Gasteiger partial charge in [0.2, 0.25) is 0 Å². The lowest BCUT2D eigenvalue weighted by Crippen LogP contribution is -2.26. The van der Waals surface area contributed by atoms with Gasteiger partial charge in [0.05, 0.1) is 13.0 Å². The van der Waals surface area contributed by atoms with Crippen LogP contribution in [-0.4, -0.2) is 19.6 Å². The molecule has 1 aromatic rings. The van der Waals surface area contributed by atoms with Crippen molar-refractivity contribution in [3.8, 4) is 0 Å². The maximum absolute atomic E-state index is 11.4. The lowest BCUT2D eigenvalue weighted by molar-refractivity contribution is -0.145. The van der Waals surface area contributed by atoms with Crippen molar-refractivity contribution in [2.24, 2.45) is 11.7 Å². The van der Waals surface area contributed by atoms with Crippen LogP contribution in [0.2, 0.25) is 0 Å². The van der Waals surface area contributed by atoms with E-state index in [2.05, 4.69) is 19.1 Å². The third-order valence-corrected chi connectivity index (χ3v) is 2.73. The number of ether oxygens (including phenoxy) is 1. The molecule has 0 saturated heterocycles. The first-order valence-corrected chi connectivity index (χ1v) is 5.57. The van der Waals surface area contributed by atoms with E-state index in [0.717, 1.165) is 12.0 Å². The van der Waals surface area contributed by atoms with Crippen LogP contribution in [0, 0.1) is 5.92 Å². The van der Waals surface area contributed by atoms with Gasteiger partial charge in [-0.1, -0.05) is 31.2 Å². The van der Waals surface area contributed by atoms with Crippen molar-refractivity contribution < 1.29 is 9.53 Å². The number of nitrogens with two attached hydrogens (primary N) is 1. The fourth-order valence-corrected chi connectivity index (χ4v) is 1.63. The number of benzene rings is 1. The molecule has 2 N–H and O–H groups in total. The number of hydrogen-bond donors (Lipinski definition) is 1. The summed E-state index contributed by atoms with van der Waals surface area (Å²) in [6.07, 6.45) is 1.67. The van der Waals surface area contributed by atoms with Crippen molar-refractivity contribution in [1.29, 1.82) is 0 Å². The Morgan fingerprint density at radius 1 is 1.31 bits per heavy atom. The van der Waals surface area contributed by atoms with Crippen LogP contribution >= 0.6 is 0 Å². The maximum Gasteiger partial charge on any atom is 0.310 e. The van der Waals surface area contributed by atoms with E-state index >= 15 is 0 Å². The van der Waals surface area contributed by atoms with E-state index in [-0.39, 0.29) is 11.9 Å². The predicted octanol–water partition coefficient (Wildman–Crippen LogP) is 1.54. The van der Waals surface area contributed by atoms with E-state index in [4.69, 9.17) is 10.5 Å². The van der Waals surface area contributed by atoms with Gasteiger partial charge in [-0.05, 0) is 24.0 Å². The molecule has 3 nitrogen and oxygen atoms in total. The van der Waals surface area contributed by atoms with Gasteiger partial charge < -0.3 is 10.5 Å². The molecular formula is C13H19NO2. The molecule has 16 heavy (non-hydrogen) atoms. The number of carbonyl (C=O) groups excluding carboxylic acids is 1. The Morgan fingerprint density at radius 3 is 2.31 bits per heavy atom. The molecule has 1 aromatic carbocycles. The van der Waals surface area contributed by atoms with Crippen molar-refractivity contribution in [1.82, 2.24) is 0 Å². The van der Waals surface area contributed by atoms with Gasteiger partial charge in [0.1, 0.15) is 0 Å². The van der Waals surface area contributed by atoms with Crippen LogP contribution in [0.4, 0.5) is 0 Å². The van der Waals surface area contributed by atoms with Crippen LogP contribution in [0.3, 0.4) is 0 Å². The highest BCUT2D eigenvalue weighted by atomic mass is 16.5. The molecule has 1 unspecified atom stereocenters. The quantitative estimate of drug-likeness (QED) is 0.767. The number of esters is 1. The van der Waals surface area contributed by atoms with E-state index in [9.17, 15) is 4.79 Å². The Labute approximate surface area is 96.6 Å². The van der Waals surface area contributed by atoms with Gasteiger partial charge in [-0.3, -0.25) is 4.79 Å². The molecule has 0 aromatic heterocycles. The molecule has 0 saturated carbocycles. The maximum atomic E-state index is 11.4. The van der Waals surface area contributed by atoms with Gasteiger partial charge in [0.25, 0.3) is 0 Å². The fraction of sp³-hybridized carbons (Fsp3) is 0.462. The summed E-state index contributed by atoms with van der Waals surface area (Å²) in [5.41, 5.74) is 7.97. The molecule has 0 spiro atoms. The Balaban J connectivity index is 2.66. The van der Waals surface area contributed by atoms with E-state index in [0.29, 0.717) is 13.0 Å². The highest BCUT2D eigenvalue weighted by Gasteiger charge is 2.17. The SMILES string of the molecule is CCc1ccc(CC(CN)C(=O)OC)cc1. The summed E-state index contributed by atoms with van der Waals surface area (Å²) in [7, 11) is 1.39. The number of rotatable bonds is 5. The minimum absolute atomic E-state index is 0.234. The third-order valence-electron chi connectivity index (χ3n) is 2.73. The zero-order chi connectivity index (χ0) is 12.0. The molecular weight excluding hydrogens is 202 g/mol. The number of aryl methyl sites for hydroxylation is 1. The van der Waals surface area contributed by atoms with Crippen LogP contribution in [0.5, 0.6) is 0 Å². The number of hydrogen-bond acceptors (Lipinski definition) is 3. The molecule has 3 heteroatoms. The Hall–Kier alpha value is -1.35. The molecule has 0 amide bonds.